The van der Waals surface area contributed by atoms with Crippen LogP contribution in [0.4, 0.5) is 4.79 Å². The summed E-state index contributed by atoms with van der Waals surface area (Å²) in [6.45, 7) is 6.64. The molecule has 0 radical (unpaired) electrons. The van der Waals surface area contributed by atoms with Crippen LogP contribution in [0.15, 0.2) is 24.3 Å². The fourth-order valence-electron chi connectivity index (χ4n) is 5.06. The van der Waals surface area contributed by atoms with Gasteiger partial charge in [0.2, 0.25) is 5.91 Å². The van der Waals surface area contributed by atoms with E-state index >= 15 is 0 Å². The first-order valence-corrected chi connectivity index (χ1v) is 11.9. The number of hydrogen-bond donors (Lipinski definition) is 4. The predicted molar refractivity (Wildman–Crippen MR) is 124 cm³/mol. The zero-order valence-electron chi connectivity index (χ0n) is 19.2. The van der Waals surface area contributed by atoms with Crippen LogP contribution in [0.1, 0.15) is 58.4 Å². The van der Waals surface area contributed by atoms with Gasteiger partial charge in [-0.2, -0.15) is 0 Å². The molecule has 0 aromatic heterocycles. The molecule has 0 spiro atoms. The average Bonchev–Trinajstić information content (AvgIpc) is 2.74. The number of carbonyl (C=O) groups excluding carboxylic acids is 2. The molecule has 1 aromatic carbocycles. The SMILES string of the molecule is C[C@H](O)CNC(=O)N[C@@H]1CCCC[C@@H]1C(=O)N1CC[C@](O)(c2ccc(Cl)cc2)C(C)(C)C1. The topological polar surface area (TPSA) is 102 Å². The molecule has 1 aromatic rings. The van der Waals surface area contributed by atoms with E-state index in [1.54, 1.807) is 19.1 Å². The van der Waals surface area contributed by atoms with Gasteiger partial charge in [0.05, 0.1) is 17.6 Å². The number of urea groups is 1. The van der Waals surface area contributed by atoms with E-state index in [1.807, 2.05) is 30.9 Å². The zero-order chi connectivity index (χ0) is 23.5. The monoisotopic (exact) mass is 465 g/mol. The first-order valence-electron chi connectivity index (χ1n) is 11.5. The van der Waals surface area contributed by atoms with Crippen LogP contribution in [0.3, 0.4) is 0 Å². The van der Waals surface area contributed by atoms with Crippen LogP contribution in [0.25, 0.3) is 0 Å². The van der Waals surface area contributed by atoms with Gasteiger partial charge < -0.3 is 25.7 Å². The second-order valence-electron chi connectivity index (χ2n) is 9.96. The van der Waals surface area contributed by atoms with Crippen LogP contribution in [-0.2, 0) is 10.4 Å². The fourth-order valence-corrected chi connectivity index (χ4v) is 5.19. The van der Waals surface area contributed by atoms with Gasteiger partial charge >= 0.3 is 6.03 Å². The first kappa shape index (κ1) is 24.8. The molecular formula is C24H36ClN3O4. The highest BCUT2D eigenvalue weighted by Crippen LogP contribution is 2.46. The largest absolute Gasteiger partial charge is 0.392 e. The maximum atomic E-state index is 13.5. The Kier molecular flexibility index (Phi) is 7.73. The van der Waals surface area contributed by atoms with Crippen molar-refractivity contribution in [3.63, 3.8) is 0 Å². The molecule has 3 rings (SSSR count). The van der Waals surface area contributed by atoms with Crippen molar-refractivity contribution in [2.45, 2.75) is 70.6 Å². The molecule has 2 fully saturated rings. The van der Waals surface area contributed by atoms with Crippen molar-refractivity contribution in [3.05, 3.63) is 34.9 Å². The molecule has 4 atom stereocenters. The van der Waals surface area contributed by atoms with Crippen LogP contribution >= 0.6 is 11.6 Å². The Bertz CT molecular complexity index is 814. The lowest BCUT2D eigenvalue weighted by atomic mass is 9.66. The van der Waals surface area contributed by atoms with E-state index in [0.717, 1.165) is 31.2 Å². The molecule has 1 aliphatic heterocycles. The average molecular weight is 466 g/mol. The number of halogens is 1. The number of nitrogens with one attached hydrogen (secondary N) is 2. The van der Waals surface area contributed by atoms with E-state index in [4.69, 9.17) is 11.6 Å². The molecule has 3 amide bonds. The molecular weight excluding hydrogens is 430 g/mol. The summed E-state index contributed by atoms with van der Waals surface area (Å²) < 4.78 is 0. The number of rotatable bonds is 5. The predicted octanol–water partition coefficient (Wildman–Crippen LogP) is 3.02. The van der Waals surface area contributed by atoms with E-state index in [0.29, 0.717) is 24.5 Å². The molecule has 0 unspecified atom stereocenters. The Morgan fingerprint density at radius 3 is 2.50 bits per heavy atom. The van der Waals surface area contributed by atoms with Gasteiger partial charge in [-0.25, -0.2) is 4.79 Å². The highest BCUT2D eigenvalue weighted by atomic mass is 35.5. The third kappa shape index (κ3) is 5.38. The third-order valence-electron chi connectivity index (χ3n) is 7.04. The second kappa shape index (κ2) is 9.98. The molecule has 1 saturated heterocycles. The van der Waals surface area contributed by atoms with Crippen molar-refractivity contribution in [2.75, 3.05) is 19.6 Å². The van der Waals surface area contributed by atoms with E-state index in [2.05, 4.69) is 10.6 Å². The van der Waals surface area contributed by atoms with Gasteiger partial charge in [-0.1, -0.05) is 50.4 Å². The number of aliphatic hydroxyl groups excluding tert-OH is 1. The lowest BCUT2D eigenvalue weighted by molar-refractivity contribution is -0.158. The van der Waals surface area contributed by atoms with Gasteiger partial charge in [-0.15, -0.1) is 0 Å². The molecule has 8 heteroatoms. The van der Waals surface area contributed by atoms with Gasteiger partial charge in [0.15, 0.2) is 0 Å². The Balaban J connectivity index is 1.69. The Hall–Kier alpha value is -1.83. The summed E-state index contributed by atoms with van der Waals surface area (Å²) in [5.74, 6) is -0.240. The quantitative estimate of drug-likeness (QED) is 0.536. The van der Waals surface area contributed by atoms with Crippen LogP contribution in [0.2, 0.25) is 5.02 Å². The van der Waals surface area contributed by atoms with Gasteiger partial charge in [0.25, 0.3) is 0 Å². The Morgan fingerprint density at radius 1 is 1.22 bits per heavy atom. The number of carbonyl (C=O) groups is 2. The van der Waals surface area contributed by atoms with Crippen molar-refractivity contribution < 1.29 is 19.8 Å². The molecule has 4 N–H and O–H groups in total. The van der Waals surface area contributed by atoms with Gasteiger partial charge in [-0.05, 0) is 43.9 Å². The Morgan fingerprint density at radius 2 is 1.88 bits per heavy atom. The van der Waals surface area contributed by atoms with Gasteiger partial charge in [-0.3, -0.25) is 4.79 Å². The van der Waals surface area contributed by atoms with Crippen LogP contribution in [0.5, 0.6) is 0 Å². The number of nitrogens with zero attached hydrogens (tertiary/aromatic N) is 1. The Labute approximate surface area is 195 Å². The number of aliphatic hydroxyl groups is 2. The van der Waals surface area contributed by atoms with Crippen molar-refractivity contribution >= 4 is 23.5 Å². The molecule has 2 aliphatic rings. The summed E-state index contributed by atoms with van der Waals surface area (Å²) >= 11 is 6.02. The zero-order valence-corrected chi connectivity index (χ0v) is 20.0. The summed E-state index contributed by atoms with van der Waals surface area (Å²) in [7, 11) is 0. The molecule has 7 nitrogen and oxygen atoms in total. The van der Waals surface area contributed by atoms with E-state index in [1.165, 1.54) is 0 Å². The number of amides is 3. The van der Waals surface area contributed by atoms with E-state index < -0.39 is 17.1 Å². The lowest BCUT2D eigenvalue weighted by Crippen LogP contribution is -2.59. The minimum atomic E-state index is -1.06. The summed E-state index contributed by atoms with van der Waals surface area (Å²) in [6.07, 6.45) is 3.22. The minimum Gasteiger partial charge on any atom is -0.392 e. The summed E-state index contributed by atoms with van der Waals surface area (Å²) in [6, 6.07) is 6.69. The van der Waals surface area contributed by atoms with Gasteiger partial charge in [0, 0.05) is 36.1 Å². The number of hydrogen-bond acceptors (Lipinski definition) is 4. The summed E-state index contributed by atoms with van der Waals surface area (Å²) in [4.78, 5) is 27.6. The molecule has 1 saturated carbocycles. The minimum absolute atomic E-state index is 0.0387. The summed E-state index contributed by atoms with van der Waals surface area (Å²) in [5.41, 5.74) is -0.800. The third-order valence-corrected chi connectivity index (χ3v) is 7.29. The van der Waals surface area contributed by atoms with E-state index in [9.17, 15) is 19.8 Å². The molecule has 1 aliphatic carbocycles. The highest BCUT2D eigenvalue weighted by molar-refractivity contribution is 6.30. The smallest absolute Gasteiger partial charge is 0.315 e. The van der Waals surface area contributed by atoms with Crippen molar-refractivity contribution in [2.24, 2.45) is 11.3 Å². The maximum absolute atomic E-state index is 13.5. The number of likely N-dealkylation sites (tertiary alicyclic amines) is 1. The molecule has 1 heterocycles. The maximum Gasteiger partial charge on any atom is 0.315 e. The molecule has 0 bridgehead atoms. The normalized spacial score (nSPS) is 28.6. The first-order chi connectivity index (χ1) is 15.0. The van der Waals surface area contributed by atoms with Crippen molar-refractivity contribution in [1.29, 1.82) is 0 Å². The number of piperidine rings is 1. The van der Waals surface area contributed by atoms with Gasteiger partial charge in [0.1, 0.15) is 0 Å². The van der Waals surface area contributed by atoms with Crippen molar-refractivity contribution in [3.8, 4) is 0 Å². The van der Waals surface area contributed by atoms with Crippen LogP contribution < -0.4 is 10.6 Å². The fraction of sp³-hybridized carbons (Fsp3) is 0.667. The standard InChI is InChI=1S/C24H36ClN3O4/c1-16(29)14-26-22(31)27-20-7-5-4-6-19(20)21(30)28-13-12-24(32,23(2,3)15-28)17-8-10-18(25)11-9-17/h8-11,16,19-20,29,32H,4-7,12-15H2,1-3H3,(H2,26,27,31)/t16-,19-,20+,24-/m0/s1. The van der Waals surface area contributed by atoms with Crippen molar-refractivity contribution in [1.82, 2.24) is 15.5 Å². The summed E-state index contributed by atoms with van der Waals surface area (Å²) in [5, 5.41) is 27.2. The lowest BCUT2D eigenvalue weighted by Gasteiger charge is -2.51. The highest BCUT2D eigenvalue weighted by Gasteiger charge is 2.50. The van der Waals surface area contributed by atoms with E-state index in [-0.39, 0.29) is 30.4 Å². The molecule has 32 heavy (non-hydrogen) atoms. The molecule has 178 valence electrons. The second-order valence-corrected chi connectivity index (χ2v) is 10.4. The number of benzene rings is 1. The van der Waals surface area contributed by atoms with Crippen LogP contribution in [0, 0.1) is 11.3 Å². The van der Waals surface area contributed by atoms with Crippen LogP contribution in [-0.4, -0.2) is 58.8 Å².